The highest BCUT2D eigenvalue weighted by atomic mass is 127. The smallest absolute Gasteiger partial charge is 0.194 e. The molecular weight excluding hydrogens is 389 g/mol. The Balaban J connectivity index is 1.53. The Kier molecular flexibility index (Phi) is 5.44. The molecule has 2 fully saturated rings. The van der Waals surface area contributed by atoms with E-state index in [0.29, 0.717) is 12.1 Å². The number of nitrogens with one attached hydrogen (secondary N) is 1. The fourth-order valence-electron chi connectivity index (χ4n) is 2.70. The Bertz CT molecular complexity index is 522. The summed E-state index contributed by atoms with van der Waals surface area (Å²) in [7, 11) is 0. The van der Waals surface area contributed by atoms with Gasteiger partial charge < -0.3 is 15.0 Å². The summed E-state index contributed by atoms with van der Waals surface area (Å²) in [6.07, 6.45) is 5.00. The zero-order chi connectivity index (χ0) is 15.4. The van der Waals surface area contributed by atoms with Crippen molar-refractivity contribution in [1.29, 1.82) is 0 Å². The number of nitrogens with zero attached hydrogens (tertiary/aromatic N) is 2. The second-order valence-corrected chi connectivity index (χ2v) is 7.11. The molecule has 1 heterocycles. The van der Waals surface area contributed by atoms with Crippen LogP contribution in [0, 0.1) is 3.57 Å². The first-order valence-electron chi connectivity index (χ1n) is 8.23. The van der Waals surface area contributed by atoms with Gasteiger partial charge in [0.05, 0.1) is 3.57 Å². The summed E-state index contributed by atoms with van der Waals surface area (Å²) >= 11 is 2.34. The van der Waals surface area contributed by atoms with Crippen molar-refractivity contribution in [2.24, 2.45) is 4.99 Å². The van der Waals surface area contributed by atoms with Crippen LogP contribution >= 0.6 is 22.6 Å². The maximum Gasteiger partial charge on any atom is 0.194 e. The first-order chi connectivity index (χ1) is 10.8. The van der Waals surface area contributed by atoms with E-state index in [4.69, 9.17) is 4.74 Å². The van der Waals surface area contributed by atoms with E-state index in [0.717, 1.165) is 44.2 Å². The lowest BCUT2D eigenvalue weighted by Gasteiger charge is -2.34. The molecule has 22 heavy (non-hydrogen) atoms. The third-order valence-corrected chi connectivity index (χ3v) is 4.98. The van der Waals surface area contributed by atoms with Crippen molar-refractivity contribution in [3.05, 3.63) is 27.8 Å². The number of ether oxygens (including phenoxy) is 1. The highest BCUT2D eigenvalue weighted by molar-refractivity contribution is 14.1. The SMILES string of the molecule is CCN=C(NC1CC1)N1CCC(Oc2ccccc2I)CC1. The Morgan fingerprint density at radius 3 is 2.64 bits per heavy atom. The van der Waals surface area contributed by atoms with E-state index in [2.05, 4.69) is 56.9 Å². The molecule has 1 saturated heterocycles. The van der Waals surface area contributed by atoms with Gasteiger partial charge in [0.1, 0.15) is 11.9 Å². The Hall–Kier alpha value is -0.980. The first kappa shape index (κ1) is 15.9. The van der Waals surface area contributed by atoms with E-state index in [1.54, 1.807) is 0 Å². The molecule has 0 bridgehead atoms. The van der Waals surface area contributed by atoms with E-state index < -0.39 is 0 Å². The molecule has 0 unspecified atom stereocenters. The van der Waals surface area contributed by atoms with Gasteiger partial charge in [0.25, 0.3) is 0 Å². The molecule has 0 spiro atoms. The average molecular weight is 413 g/mol. The molecule has 1 aromatic carbocycles. The predicted molar refractivity (Wildman–Crippen MR) is 98.5 cm³/mol. The molecule has 1 N–H and O–H groups in total. The van der Waals surface area contributed by atoms with Crippen molar-refractivity contribution < 1.29 is 4.74 Å². The van der Waals surface area contributed by atoms with Crippen LogP contribution in [0.1, 0.15) is 32.6 Å². The third-order valence-electron chi connectivity index (χ3n) is 4.09. The molecule has 3 rings (SSSR count). The second-order valence-electron chi connectivity index (χ2n) is 5.95. The number of para-hydroxylation sites is 1. The summed E-state index contributed by atoms with van der Waals surface area (Å²) < 4.78 is 7.36. The molecule has 2 aliphatic rings. The normalized spacial score (nSPS) is 20.1. The van der Waals surface area contributed by atoms with Gasteiger partial charge in [-0.1, -0.05) is 12.1 Å². The van der Waals surface area contributed by atoms with E-state index >= 15 is 0 Å². The van der Waals surface area contributed by atoms with Gasteiger partial charge in [-0.3, -0.25) is 4.99 Å². The van der Waals surface area contributed by atoms with Gasteiger partial charge in [0.15, 0.2) is 5.96 Å². The van der Waals surface area contributed by atoms with Crippen molar-refractivity contribution in [2.45, 2.75) is 44.8 Å². The van der Waals surface area contributed by atoms with Crippen molar-refractivity contribution in [3.8, 4) is 5.75 Å². The molecule has 0 aromatic heterocycles. The summed E-state index contributed by atoms with van der Waals surface area (Å²) in [5.41, 5.74) is 0. The van der Waals surface area contributed by atoms with E-state index in [1.165, 1.54) is 16.4 Å². The van der Waals surface area contributed by atoms with Crippen molar-refractivity contribution in [1.82, 2.24) is 10.2 Å². The molecule has 0 radical (unpaired) electrons. The number of hydrogen-bond acceptors (Lipinski definition) is 2. The van der Waals surface area contributed by atoms with Gasteiger partial charge in [0, 0.05) is 38.5 Å². The molecule has 1 aliphatic carbocycles. The number of guanidine groups is 1. The number of aliphatic imine (C=N–C) groups is 1. The molecular formula is C17H24IN3O. The van der Waals surface area contributed by atoms with Crippen LogP contribution in [-0.4, -0.2) is 42.6 Å². The first-order valence-corrected chi connectivity index (χ1v) is 9.31. The standard InChI is InChI=1S/C17H24IN3O/c1-2-19-17(20-13-7-8-13)21-11-9-14(10-12-21)22-16-6-4-3-5-15(16)18/h3-6,13-14H,2,7-12H2,1H3,(H,19,20). The van der Waals surface area contributed by atoms with Gasteiger partial charge in [-0.05, 0) is 54.5 Å². The second kappa shape index (κ2) is 7.53. The number of likely N-dealkylation sites (tertiary alicyclic amines) is 1. The molecule has 120 valence electrons. The lowest BCUT2D eigenvalue weighted by atomic mass is 10.1. The molecule has 0 amide bonds. The number of piperidine rings is 1. The number of rotatable bonds is 4. The van der Waals surface area contributed by atoms with Gasteiger partial charge in [-0.15, -0.1) is 0 Å². The van der Waals surface area contributed by atoms with Gasteiger partial charge >= 0.3 is 0 Å². The van der Waals surface area contributed by atoms with Crippen LogP contribution in [0.15, 0.2) is 29.3 Å². The summed E-state index contributed by atoms with van der Waals surface area (Å²) in [6.45, 7) is 4.98. The minimum atomic E-state index is 0.316. The van der Waals surface area contributed by atoms with Crippen LogP contribution in [0.5, 0.6) is 5.75 Å². The Morgan fingerprint density at radius 1 is 1.27 bits per heavy atom. The molecule has 1 aliphatic heterocycles. The summed E-state index contributed by atoms with van der Waals surface area (Å²) in [4.78, 5) is 7.03. The molecule has 1 aromatic rings. The van der Waals surface area contributed by atoms with E-state index in [1.807, 2.05) is 12.1 Å². The number of hydrogen-bond donors (Lipinski definition) is 1. The minimum absolute atomic E-state index is 0.316. The Morgan fingerprint density at radius 2 is 2.00 bits per heavy atom. The lowest BCUT2D eigenvalue weighted by Crippen LogP contribution is -2.48. The maximum absolute atomic E-state index is 6.17. The van der Waals surface area contributed by atoms with Gasteiger partial charge in [-0.2, -0.15) is 0 Å². The number of benzene rings is 1. The molecule has 1 saturated carbocycles. The van der Waals surface area contributed by atoms with Crippen LogP contribution in [0.25, 0.3) is 0 Å². The quantitative estimate of drug-likeness (QED) is 0.468. The monoisotopic (exact) mass is 413 g/mol. The number of halogens is 1. The Labute approximate surface area is 146 Å². The summed E-state index contributed by atoms with van der Waals surface area (Å²) in [5, 5.41) is 3.57. The average Bonchev–Trinajstić information content (AvgIpc) is 3.34. The lowest BCUT2D eigenvalue weighted by molar-refractivity contribution is 0.128. The minimum Gasteiger partial charge on any atom is -0.489 e. The third kappa shape index (κ3) is 4.27. The van der Waals surface area contributed by atoms with Crippen LogP contribution in [0.2, 0.25) is 0 Å². The largest absolute Gasteiger partial charge is 0.489 e. The molecule has 0 atom stereocenters. The highest BCUT2D eigenvalue weighted by Crippen LogP contribution is 2.25. The van der Waals surface area contributed by atoms with Gasteiger partial charge in [0.2, 0.25) is 0 Å². The van der Waals surface area contributed by atoms with Crippen LogP contribution < -0.4 is 10.1 Å². The maximum atomic E-state index is 6.17. The molecule has 4 nitrogen and oxygen atoms in total. The van der Waals surface area contributed by atoms with E-state index in [-0.39, 0.29) is 0 Å². The van der Waals surface area contributed by atoms with Crippen molar-refractivity contribution in [2.75, 3.05) is 19.6 Å². The van der Waals surface area contributed by atoms with Gasteiger partial charge in [-0.25, -0.2) is 0 Å². The van der Waals surface area contributed by atoms with Crippen molar-refractivity contribution >= 4 is 28.6 Å². The predicted octanol–water partition coefficient (Wildman–Crippen LogP) is 3.26. The van der Waals surface area contributed by atoms with Crippen LogP contribution in [0.3, 0.4) is 0 Å². The van der Waals surface area contributed by atoms with Crippen LogP contribution in [0.4, 0.5) is 0 Å². The highest BCUT2D eigenvalue weighted by Gasteiger charge is 2.27. The van der Waals surface area contributed by atoms with Crippen LogP contribution in [-0.2, 0) is 0 Å². The summed E-state index contributed by atoms with van der Waals surface area (Å²) in [6, 6.07) is 8.90. The fourth-order valence-corrected chi connectivity index (χ4v) is 3.22. The zero-order valence-corrected chi connectivity index (χ0v) is 15.3. The van der Waals surface area contributed by atoms with Crippen molar-refractivity contribution in [3.63, 3.8) is 0 Å². The zero-order valence-electron chi connectivity index (χ0n) is 13.1. The summed E-state index contributed by atoms with van der Waals surface area (Å²) in [5.74, 6) is 2.11. The van der Waals surface area contributed by atoms with E-state index in [9.17, 15) is 0 Å². The molecule has 5 heteroatoms. The topological polar surface area (TPSA) is 36.9 Å². The fraction of sp³-hybridized carbons (Fsp3) is 0.588.